The van der Waals surface area contributed by atoms with Crippen molar-refractivity contribution in [2.45, 2.75) is 26.0 Å². The lowest BCUT2D eigenvalue weighted by atomic mass is 10.1. The first-order valence-corrected chi connectivity index (χ1v) is 6.26. The molecule has 18 heavy (non-hydrogen) atoms. The average molecular weight is 245 g/mol. The third kappa shape index (κ3) is 3.60. The number of nitrogens with zero attached hydrogens (tertiary/aromatic N) is 2. The molecule has 0 saturated carbocycles. The third-order valence-corrected chi connectivity index (χ3v) is 2.83. The fourth-order valence-electron chi connectivity index (χ4n) is 1.83. The van der Waals surface area contributed by atoms with E-state index in [2.05, 4.69) is 29.5 Å². The van der Waals surface area contributed by atoms with Crippen molar-refractivity contribution in [2.75, 3.05) is 11.9 Å². The summed E-state index contributed by atoms with van der Waals surface area (Å²) in [4.78, 5) is 0. The number of hydrogen-bond donors (Lipinski definition) is 2. The molecule has 0 fully saturated rings. The maximum atomic E-state index is 9.89. The van der Waals surface area contributed by atoms with Crippen molar-refractivity contribution >= 4 is 5.69 Å². The van der Waals surface area contributed by atoms with Crippen LogP contribution in [-0.4, -0.2) is 27.5 Å². The van der Waals surface area contributed by atoms with Crippen molar-refractivity contribution in [2.24, 2.45) is 0 Å². The Bertz CT molecular complexity index is 468. The summed E-state index contributed by atoms with van der Waals surface area (Å²) in [7, 11) is 0. The first kappa shape index (κ1) is 12.6. The first-order chi connectivity index (χ1) is 8.78. The van der Waals surface area contributed by atoms with Crippen LogP contribution < -0.4 is 5.32 Å². The molecule has 4 heteroatoms. The van der Waals surface area contributed by atoms with E-state index in [4.69, 9.17) is 0 Å². The van der Waals surface area contributed by atoms with E-state index in [-0.39, 0.29) is 0 Å². The second kappa shape index (κ2) is 6.21. The summed E-state index contributed by atoms with van der Waals surface area (Å²) in [6, 6.07) is 10.1. The van der Waals surface area contributed by atoms with Crippen LogP contribution in [-0.2, 0) is 13.0 Å². The van der Waals surface area contributed by atoms with Gasteiger partial charge < -0.3 is 10.4 Å². The molecule has 0 aliphatic carbocycles. The zero-order valence-corrected chi connectivity index (χ0v) is 10.6. The molecule has 0 radical (unpaired) electrons. The second-order valence-corrected chi connectivity index (χ2v) is 4.32. The molecule has 0 aliphatic rings. The highest BCUT2D eigenvalue weighted by molar-refractivity contribution is 5.45. The van der Waals surface area contributed by atoms with Gasteiger partial charge in [-0.1, -0.05) is 19.1 Å². The Morgan fingerprint density at radius 2 is 2.28 bits per heavy atom. The molecule has 2 rings (SSSR count). The highest BCUT2D eigenvalue weighted by atomic mass is 16.3. The monoisotopic (exact) mass is 245 g/mol. The Kier molecular flexibility index (Phi) is 4.36. The van der Waals surface area contributed by atoms with E-state index in [1.165, 1.54) is 5.56 Å². The van der Waals surface area contributed by atoms with Crippen molar-refractivity contribution in [1.29, 1.82) is 0 Å². The smallest absolute Gasteiger partial charge is 0.0907 e. The molecule has 1 heterocycles. The van der Waals surface area contributed by atoms with Crippen molar-refractivity contribution in [3.63, 3.8) is 0 Å². The molecule has 0 aliphatic heterocycles. The van der Waals surface area contributed by atoms with Crippen LogP contribution in [0.1, 0.15) is 12.5 Å². The molecule has 2 N–H and O–H groups in total. The molecule has 0 amide bonds. The molecule has 1 atom stereocenters. The maximum absolute atomic E-state index is 9.89. The lowest BCUT2D eigenvalue weighted by molar-refractivity contribution is 0.161. The number of aryl methyl sites for hydroxylation is 1. The predicted molar refractivity (Wildman–Crippen MR) is 72.5 cm³/mol. The van der Waals surface area contributed by atoms with E-state index in [9.17, 15) is 5.11 Å². The Morgan fingerprint density at radius 1 is 1.39 bits per heavy atom. The maximum Gasteiger partial charge on any atom is 0.0907 e. The van der Waals surface area contributed by atoms with E-state index in [1.807, 2.05) is 24.4 Å². The highest BCUT2D eigenvalue weighted by Crippen LogP contribution is 2.11. The molecule has 96 valence electrons. The van der Waals surface area contributed by atoms with E-state index in [1.54, 1.807) is 10.9 Å². The van der Waals surface area contributed by atoms with Crippen molar-refractivity contribution in [3.8, 4) is 0 Å². The summed E-state index contributed by atoms with van der Waals surface area (Å²) < 4.78 is 1.73. The number of nitrogens with one attached hydrogen (secondary N) is 1. The van der Waals surface area contributed by atoms with Gasteiger partial charge in [0.05, 0.1) is 12.6 Å². The van der Waals surface area contributed by atoms with Crippen LogP contribution in [0.3, 0.4) is 0 Å². The van der Waals surface area contributed by atoms with Crippen molar-refractivity contribution < 1.29 is 5.11 Å². The zero-order chi connectivity index (χ0) is 12.8. The second-order valence-electron chi connectivity index (χ2n) is 4.32. The van der Waals surface area contributed by atoms with E-state index < -0.39 is 6.10 Å². The van der Waals surface area contributed by atoms with Crippen molar-refractivity contribution in [3.05, 3.63) is 48.3 Å². The zero-order valence-electron chi connectivity index (χ0n) is 10.6. The number of rotatable bonds is 6. The molecular formula is C14H19N3O. The molecular weight excluding hydrogens is 226 g/mol. The largest absolute Gasteiger partial charge is 0.389 e. The van der Waals surface area contributed by atoms with Gasteiger partial charge in [-0.05, 0) is 30.2 Å². The van der Waals surface area contributed by atoms with Crippen LogP contribution in [0.2, 0.25) is 0 Å². The predicted octanol–water partition coefficient (Wildman–Crippen LogP) is 1.92. The number of hydrogen-bond acceptors (Lipinski definition) is 3. The Balaban J connectivity index is 1.83. The number of aliphatic hydroxyl groups excluding tert-OH is 1. The highest BCUT2D eigenvalue weighted by Gasteiger charge is 2.05. The normalized spacial score (nSPS) is 12.3. The van der Waals surface area contributed by atoms with Crippen LogP contribution in [0.15, 0.2) is 42.7 Å². The van der Waals surface area contributed by atoms with Gasteiger partial charge in [-0.15, -0.1) is 0 Å². The van der Waals surface area contributed by atoms with Gasteiger partial charge in [0.25, 0.3) is 0 Å². The van der Waals surface area contributed by atoms with E-state index >= 15 is 0 Å². The van der Waals surface area contributed by atoms with E-state index in [0.29, 0.717) is 13.1 Å². The van der Waals surface area contributed by atoms with E-state index in [0.717, 1.165) is 12.1 Å². The third-order valence-electron chi connectivity index (χ3n) is 2.83. The first-order valence-electron chi connectivity index (χ1n) is 6.26. The summed E-state index contributed by atoms with van der Waals surface area (Å²) in [5, 5.41) is 17.2. The average Bonchev–Trinajstić information content (AvgIpc) is 2.89. The van der Waals surface area contributed by atoms with Gasteiger partial charge >= 0.3 is 0 Å². The molecule has 2 aromatic rings. The summed E-state index contributed by atoms with van der Waals surface area (Å²) >= 11 is 0. The molecule has 1 unspecified atom stereocenters. The van der Waals surface area contributed by atoms with Crippen LogP contribution >= 0.6 is 0 Å². The van der Waals surface area contributed by atoms with Crippen molar-refractivity contribution in [1.82, 2.24) is 9.78 Å². The fourth-order valence-corrected chi connectivity index (χ4v) is 1.83. The van der Waals surface area contributed by atoms with Gasteiger partial charge in [0.1, 0.15) is 0 Å². The molecule has 0 spiro atoms. The molecule has 1 aromatic heterocycles. The van der Waals surface area contributed by atoms with Gasteiger partial charge in [-0.2, -0.15) is 5.10 Å². The minimum atomic E-state index is -0.449. The van der Waals surface area contributed by atoms with Gasteiger partial charge in [0, 0.05) is 24.6 Å². The van der Waals surface area contributed by atoms with Gasteiger partial charge in [-0.3, -0.25) is 4.68 Å². The molecule has 1 aromatic carbocycles. The quantitative estimate of drug-likeness (QED) is 0.817. The summed E-state index contributed by atoms with van der Waals surface area (Å²) in [6.45, 7) is 3.16. The Hall–Kier alpha value is -1.81. The topological polar surface area (TPSA) is 50.1 Å². The van der Waals surface area contributed by atoms with Gasteiger partial charge in [0.15, 0.2) is 0 Å². The number of benzene rings is 1. The molecule has 0 bridgehead atoms. The number of aliphatic hydroxyl groups is 1. The lowest BCUT2D eigenvalue weighted by Gasteiger charge is -2.13. The van der Waals surface area contributed by atoms with Crippen LogP contribution in [0.5, 0.6) is 0 Å². The fraction of sp³-hybridized carbons (Fsp3) is 0.357. The van der Waals surface area contributed by atoms with Gasteiger partial charge in [-0.25, -0.2) is 0 Å². The minimum absolute atomic E-state index is 0.449. The SMILES string of the molecule is CCc1cccc(NCC(O)Cn2cccn2)c1. The molecule has 0 saturated heterocycles. The summed E-state index contributed by atoms with van der Waals surface area (Å²) in [6.07, 6.45) is 4.13. The minimum Gasteiger partial charge on any atom is -0.389 e. The van der Waals surface area contributed by atoms with Crippen LogP contribution in [0, 0.1) is 0 Å². The summed E-state index contributed by atoms with van der Waals surface area (Å²) in [5.41, 5.74) is 2.34. The Morgan fingerprint density at radius 3 is 3.00 bits per heavy atom. The van der Waals surface area contributed by atoms with Crippen LogP contribution in [0.4, 0.5) is 5.69 Å². The molecule has 4 nitrogen and oxygen atoms in total. The lowest BCUT2D eigenvalue weighted by Crippen LogP contribution is -2.25. The Labute approximate surface area is 107 Å². The van der Waals surface area contributed by atoms with Gasteiger partial charge in [0.2, 0.25) is 0 Å². The van der Waals surface area contributed by atoms with Crippen LogP contribution in [0.25, 0.3) is 0 Å². The number of aromatic nitrogens is 2. The summed E-state index contributed by atoms with van der Waals surface area (Å²) in [5.74, 6) is 0. The standard InChI is InChI=1S/C14H19N3O/c1-2-12-5-3-6-13(9-12)15-10-14(18)11-17-8-4-7-16-17/h3-9,14-15,18H,2,10-11H2,1H3. The number of anilines is 1.